The van der Waals surface area contributed by atoms with Crippen LogP contribution in [0.15, 0.2) is 30.3 Å². The fraction of sp³-hybridized carbons (Fsp3) is 0.591. The van der Waals surface area contributed by atoms with Gasteiger partial charge in [0.15, 0.2) is 0 Å². The minimum Gasteiger partial charge on any atom is -0.339 e. The minimum atomic E-state index is 0.0782. The number of hydrogen-bond donors (Lipinski definition) is 0. The molecule has 0 N–H and O–H groups in total. The number of rotatable bonds is 3. The van der Waals surface area contributed by atoms with E-state index >= 15 is 0 Å². The number of likely N-dealkylation sites (tertiary alicyclic amines) is 2. The van der Waals surface area contributed by atoms with E-state index in [-0.39, 0.29) is 11.3 Å². The van der Waals surface area contributed by atoms with Crippen LogP contribution in [0.25, 0.3) is 5.57 Å². The molecule has 4 rings (SSSR count). The van der Waals surface area contributed by atoms with Crippen molar-refractivity contribution in [3.8, 4) is 0 Å². The average Bonchev–Trinajstić information content (AvgIpc) is 3.24. The van der Waals surface area contributed by atoms with Crippen molar-refractivity contribution in [2.75, 3.05) is 32.7 Å². The van der Waals surface area contributed by atoms with Crippen LogP contribution < -0.4 is 0 Å². The van der Waals surface area contributed by atoms with E-state index in [2.05, 4.69) is 54.0 Å². The first-order valence-electron chi connectivity index (χ1n) is 9.93. The molecule has 2 fully saturated rings. The molecule has 0 unspecified atom stereocenters. The SMILES string of the molecule is CC(C)CN1CCC2(C=C(C(=O)N3CCCC3)c3ccccc32)CC1. The lowest BCUT2D eigenvalue weighted by molar-refractivity contribution is -0.124. The summed E-state index contributed by atoms with van der Waals surface area (Å²) in [4.78, 5) is 17.7. The quantitative estimate of drug-likeness (QED) is 0.839. The predicted molar refractivity (Wildman–Crippen MR) is 102 cm³/mol. The lowest BCUT2D eigenvalue weighted by Crippen LogP contribution is -2.42. The summed E-state index contributed by atoms with van der Waals surface area (Å²) in [5.41, 5.74) is 3.63. The molecule has 25 heavy (non-hydrogen) atoms. The lowest BCUT2D eigenvalue weighted by atomic mass is 9.74. The maximum atomic E-state index is 13.1. The third kappa shape index (κ3) is 3.03. The first-order chi connectivity index (χ1) is 12.1. The highest BCUT2D eigenvalue weighted by Gasteiger charge is 2.42. The number of piperidine rings is 1. The molecule has 0 saturated carbocycles. The number of nitrogens with zero attached hydrogens (tertiary/aromatic N) is 2. The third-order valence-electron chi connectivity index (χ3n) is 6.17. The summed E-state index contributed by atoms with van der Waals surface area (Å²) in [6.45, 7) is 9.88. The van der Waals surface area contributed by atoms with Crippen molar-refractivity contribution in [2.24, 2.45) is 5.92 Å². The second kappa shape index (κ2) is 6.60. The minimum absolute atomic E-state index is 0.0782. The summed E-state index contributed by atoms with van der Waals surface area (Å²) in [5.74, 6) is 0.971. The summed E-state index contributed by atoms with van der Waals surface area (Å²) in [7, 11) is 0. The molecule has 0 radical (unpaired) electrons. The summed E-state index contributed by atoms with van der Waals surface area (Å²) in [6, 6.07) is 8.63. The smallest absolute Gasteiger partial charge is 0.254 e. The van der Waals surface area contributed by atoms with E-state index in [0.717, 1.165) is 57.4 Å². The summed E-state index contributed by atoms with van der Waals surface area (Å²) in [6.07, 6.45) is 6.90. The molecule has 0 aromatic heterocycles. The van der Waals surface area contributed by atoms with Crippen LogP contribution in [-0.4, -0.2) is 48.4 Å². The Balaban J connectivity index is 1.61. The van der Waals surface area contributed by atoms with Crippen molar-refractivity contribution < 1.29 is 4.79 Å². The van der Waals surface area contributed by atoms with Gasteiger partial charge in [0.25, 0.3) is 5.91 Å². The van der Waals surface area contributed by atoms with Gasteiger partial charge in [-0.05, 0) is 55.8 Å². The third-order valence-corrected chi connectivity index (χ3v) is 6.17. The van der Waals surface area contributed by atoms with Gasteiger partial charge >= 0.3 is 0 Å². The van der Waals surface area contributed by atoms with Crippen LogP contribution in [0.2, 0.25) is 0 Å². The standard InChI is InChI=1S/C22H30N2O/c1-17(2)16-23-13-9-22(10-14-23)15-19(18-7-3-4-8-20(18)22)21(25)24-11-5-6-12-24/h3-4,7-8,15,17H,5-6,9-14,16H2,1-2H3. The van der Waals surface area contributed by atoms with Crippen LogP contribution in [0.1, 0.15) is 50.7 Å². The lowest BCUT2D eigenvalue weighted by Gasteiger charge is -2.39. The van der Waals surface area contributed by atoms with Gasteiger partial charge in [0.1, 0.15) is 0 Å². The predicted octanol–water partition coefficient (Wildman–Crippen LogP) is 3.70. The van der Waals surface area contributed by atoms with Gasteiger partial charge in [-0.15, -0.1) is 0 Å². The Hall–Kier alpha value is -1.61. The summed E-state index contributed by atoms with van der Waals surface area (Å²) in [5, 5.41) is 0. The number of carbonyl (C=O) groups is 1. The molecule has 3 nitrogen and oxygen atoms in total. The second-order valence-corrected chi connectivity index (χ2v) is 8.45. The Kier molecular flexibility index (Phi) is 4.45. The molecular formula is C22H30N2O. The fourth-order valence-corrected chi connectivity index (χ4v) is 4.92. The van der Waals surface area contributed by atoms with E-state index < -0.39 is 0 Å². The van der Waals surface area contributed by atoms with Gasteiger partial charge in [0, 0.05) is 30.6 Å². The Morgan fingerprint density at radius 3 is 2.44 bits per heavy atom. The topological polar surface area (TPSA) is 23.6 Å². The zero-order valence-corrected chi connectivity index (χ0v) is 15.6. The maximum absolute atomic E-state index is 13.1. The van der Waals surface area contributed by atoms with E-state index in [9.17, 15) is 4.79 Å². The van der Waals surface area contributed by atoms with Gasteiger partial charge in [0.2, 0.25) is 0 Å². The van der Waals surface area contributed by atoms with E-state index in [4.69, 9.17) is 0 Å². The molecule has 1 aliphatic carbocycles. The highest BCUT2D eigenvalue weighted by Crippen LogP contribution is 2.47. The van der Waals surface area contributed by atoms with E-state index in [0.29, 0.717) is 5.92 Å². The Morgan fingerprint density at radius 1 is 1.08 bits per heavy atom. The van der Waals surface area contributed by atoms with Gasteiger partial charge < -0.3 is 9.80 Å². The molecule has 2 aliphatic heterocycles. The number of carbonyl (C=O) groups excluding carboxylic acids is 1. The number of fused-ring (bicyclic) bond motifs is 2. The maximum Gasteiger partial charge on any atom is 0.254 e. The Bertz CT molecular complexity index is 677. The zero-order chi connectivity index (χ0) is 17.4. The number of amides is 1. The van der Waals surface area contributed by atoms with Crippen LogP contribution in [0.4, 0.5) is 0 Å². The summed E-state index contributed by atoms with van der Waals surface area (Å²) < 4.78 is 0. The molecule has 1 aromatic carbocycles. The van der Waals surface area contributed by atoms with Crippen molar-refractivity contribution >= 4 is 11.5 Å². The number of benzene rings is 1. The molecule has 1 spiro atoms. The Labute approximate surface area is 151 Å². The molecule has 2 saturated heterocycles. The van der Waals surface area contributed by atoms with Crippen LogP contribution in [0.5, 0.6) is 0 Å². The molecule has 3 aliphatic rings. The highest BCUT2D eigenvalue weighted by atomic mass is 16.2. The molecule has 3 heteroatoms. The fourth-order valence-electron chi connectivity index (χ4n) is 4.92. The van der Waals surface area contributed by atoms with E-state index in [1.165, 1.54) is 17.7 Å². The average molecular weight is 338 g/mol. The molecule has 2 heterocycles. The number of hydrogen-bond acceptors (Lipinski definition) is 2. The van der Waals surface area contributed by atoms with Gasteiger partial charge in [-0.25, -0.2) is 0 Å². The van der Waals surface area contributed by atoms with Gasteiger partial charge in [-0.1, -0.05) is 44.2 Å². The van der Waals surface area contributed by atoms with Gasteiger partial charge in [0.05, 0.1) is 0 Å². The molecule has 1 aromatic rings. The van der Waals surface area contributed by atoms with Crippen molar-refractivity contribution in [1.82, 2.24) is 9.80 Å². The molecule has 0 bridgehead atoms. The van der Waals surface area contributed by atoms with Crippen LogP contribution in [-0.2, 0) is 10.2 Å². The van der Waals surface area contributed by atoms with E-state index in [1.807, 2.05) is 0 Å². The first-order valence-corrected chi connectivity index (χ1v) is 9.93. The first kappa shape index (κ1) is 16.8. The van der Waals surface area contributed by atoms with Crippen molar-refractivity contribution in [2.45, 2.75) is 44.9 Å². The molecular weight excluding hydrogens is 308 g/mol. The molecule has 134 valence electrons. The van der Waals surface area contributed by atoms with Crippen LogP contribution >= 0.6 is 0 Å². The highest BCUT2D eigenvalue weighted by molar-refractivity contribution is 6.21. The largest absolute Gasteiger partial charge is 0.339 e. The zero-order valence-electron chi connectivity index (χ0n) is 15.6. The van der Waals surface area contributed by atoms with Crippen molar-refractivity contribution in [1.29, 1.82) is 0 Å². The number of allylic oxidation sites excluding steroid dienone is 1. The Morgan fingerprint density at radius 2 is 1.76 bits per heavy atom. The van der Waals surface area contributed by atoms with Crippen LogP contribution in [0.3, 0.4) is 0 Å². The van der Waals surface area contributed by atoms with Crippen molar-refractivity contribution in [3.05, 3.63) is 41.5 Å². The van der Waals surface area contributed by atoms with Gasteiger partial charge in [-0.3, -0.25) is 4.79 Å². The van der Waals surface area contributed by atoms with Crippen LogP contribution in [0, 0.1) is 5.92 Å². The van der Waals surface area contributed by atoms with Crippen molar-refractivity contribution in [3.63, 3.8) is 0 Å². The molecule has 0 atom stereocenters. The van der Waals surface area contributed by atoms with Gasteiger partial charge in [-0.2, -0.15) is 0 Å². The second-order valence-electron chi connectivity index (χ2n) is 8.45. The molecule has 1 amide bonds. The monoisotopic (exact) mass is 338 g/mol. The normalized spacial score (nSPS) is 22.5. The van der Waals surface area contributed by atoms with E-state index in [1.54, 1.807) is 0 Å². The summed E-state index contributed by atoms with van der Waals surface area (Å²) >= 11 is 0.